The third-order valence-corrected chi connectivity index (χ3v) is 4.84. The molecule has 0 amide bonds. The third-order valence-electron chi connectivity index (χ3n) is 4.84. The first kappa shape index (κ1) is 13.7. The van der Waals surface area contributed by atoms with Crippen LogP contribution in [0.4, 0.5) is 0 Å². The minimum Gasteiger partial charge on any atom is -0.378 e. The van der Waals surface area contributed by atoms with Crippen LogP contribution in [0.1, 0.15) is 52.9 Å². The Morgan fingerprint density at radius 3 is 2.61 bits per heavy atom. The maximum atomic E-state index is 4.25. The number of allylic oxidation sites excluding steroid dienone is 3. The lowest BCUT2D eigenvalue weighted by molar-refractivity contribution is 0.338. The minimum absolute atomic E-state index is 0.601. The van der Waals surface area contributed by atoms with E-state index in [1.54, 1.807) is 0 Å². The van der Waals surface area contributed by atoms with Gasteiger partial charge in [0.25, 0.3) is 0 Å². The molecular weight excluding hydrogens is 218 g/mol. The van der Waals surface area contributed by atoms with Crippen molar-refractivity contribution in [2.45, 2.75) is 52.9 Å². The summed E-state index contributed by atoms with van der Waals surface area (Å²) in [6, 6.07) is 0. The normalized spacial score (nSPS) is 29.9. The number of hydrogen-bond donors (Lipinski definition) is 0. The predicted molar refractivity (Wildman–Crippen MR) is 79.4 cm³/mol. The standard InChI is InChI=1S/C17H29N/c1-13(2)7-6-10-17(4)11-16(17)12-18(5)14(3)15-8-9-15/h7,15-16H,3,6,8-12H2,1-2,4-5H3. The largest absolute Gasteiger partial charge is 0.378 e. The van der Waals surface area contributed by atoms with Crippen molar-refractivity contribution in [3.05, 3.63) is 23.9 Å². The molecule has 1 heteroatoms. The van der Waals surface area contributed by atoms with Gasteiger partial charge in [0, 0.05) is 19.3 Å². The van der Waals surface area contributed by atoms with E-state index < -0.39 is 0 Å². The van der Waals surface area contributed by atoms with Crippen LogP contribution in [0.15, 0.2) is 23.9 Å². The average molecular weight is 247 g/mol. The van der Waals surface area contributed by atoms with Crippen molar-refractivity contribution in [1.82, 2.24) is 4.90 Å². The topological polar surface area (TPSA) is 3.24 Å². The number of rotatable bonds is 7. The summed E-state index contributed by atoms with van der Waals surface area (Å²) in [5.74, 6) is 1.70. The van der Waals surface area contributed by atoms with Crippen molar-refractivity contribution in [3.8, 4) is 0 Å². The van der Waals surface area contributed by atoms with Gasteiger partial charge in [-0.15, -0.1) is 0 Å². The van der Waals surface area contributed by atoms with E-state index in [1.807, 2.05) is 0 Å². The van der Waals surface area contributed by atoms with Crippen molar-refractivity contribution in [2.75, 3.05) is 13.6 Å². The fraction of sp³-hybridized carbons (Fsp3) is 0.765. The van der Waals surface area contributed by atoms with Gasteiger partial charge in [0.15, 0.2) is 0 Å². The van der Waals surface area contributed by atoms with Gasteiger partial charge in [0.1, 0.15) is 0 Å². The van der Waals surface area contributed by atoms with E-state index in [4.69, 9.17) is 0 Å². The van der Waals surface area contributed by atoms with Gasteiger partial charge >= 0.3 is 0 Å². The highest BCUT2D eigenvalue weighted by Gasteiger charge is 2.49. The molecule has 2 fully saturated rings. The van der Waals surface area contributed by atoms with Gasteiger partial charge in [0.05, 0.1) is 0 Å². The van der Waals surface area contributed by atoms with Crippen molar-refractivity contribution in [3.63, 3.8) is 0 Å². The van der Waals surface area contributed by atoms with Gasteiger partial charge < -0.3 is 4.90 Å². The summed E-state index contributed by atoms with van der Waals surface area (Å²) < 4.78 is 0. The van der Waals surface area contributed by atoms with E-state index in [0.717, 1.165) is 11.8 Å². The molecule has 102 valence electrons. The van der Waals surface area contributed by atoms with E-state index in [-0.39, 0.29) is 0 Å². The molecule has 0 spiro atoms. The second-order valence-electron chi connectivity index (χ2n) is 7.02. The van der Waals surface area contributed by atoms with E-state index >= 15 is 0 Å². The lowest BCUT2D eigenvalue weighted by atomic mass is 9.98. The zero-order valence-corrected chi connectivity index (χ0v) is 12.6. The molecule has 2 saturated carbocycles. The molecule has 2 aliphatic carbocycles. The van der Waals surface area contributed by atoms with E-state index in [1.165, 1.54) is 49.9 Å². The lowest BCUT2D eigenvalue weighted by Crippen LogP contribution is -2.22. The molecule has 2 aliphatic rings. The Morgan fingerprint density at radius 2 is 2.06 bits per heavy atom. The van der Waals surface area contributed by atoms with Crippen LogP contribution >= 0.6 is 0 Å². The van der Waals surface area contributed by atoms with Gasteiger partial charge in [-0.05, 0) is 63.2 Å². The molecule has 0 saturated heterocycles. The molecule has 2 unspecified atom stereocenters. The summed E-state index contributed by atoms with van der Waals surface area (Å²) >= 11 is 0. The fourth-order valence-electron chi connectivity index (χ4n) is 2.96. The molecule has 0 bridgehead atoms. The first-order valence-electron chi connectivity index (χ1n) is 7.45. The second-order valence-corrected chi connectivity index (χ2v) is 7.02. The van der Waals surface area contributed by atoms with Crippen molar-refractivity contribution in [2.24, 2.45) is 17.3 Å². The second kappa shape index (κ2) is 5.11. The van der Waals surface area contributed by atoms with Gasteiger partial charge in [-0.3, -0.25) is 0 Å². The Hall–Kier alpha value is -0.720. The van der Waals surface area contributed by atoms with E-state index in [0.29, 0.717) is 5.41 Å². The third kappa shape index (κ3) is 3.40. The Balaban J connectivity index is 1.72. The lowest BCUT2D eigenvalue weighted by Gasteiger charge is -2.23. The molecule has 0 radical (unpaired) electrons. The molecule has 0 aliphatic heterocycles. The highest BCUT2D eigenvalue weighted by Crippen LogP contribution is 2.56. The number of nitrogens with zero attached hydrogens (tertiary/aromatic N) is 1. The first-order valence-corrected chi connectivity index (χ1v) is 7.45. The van der Waals surface area contributed by atoms with Gasteiger partial charge in [-0.25, -0.2) is 0 Å². The average Bonchev–Trinajstić information content (AvgIpc) is 3.16. The molecule has 0 aromatic rings. The Labute approximate surface area is 113 Å². The maximum absolute atomic E-state index is 4.25. The van der Waals surface area contributed by atoms with Gasteiger partial charge in [-0.2, -0.15) is 0 Å². The van der Waals surface area contributed by atoms with Crippen LogP contribution in [0.5, 0.6) is 0 Å². The molecular formula is C17H29N. The monoisotopic (exact) mass is 247 g/mol. The summed E-state index contributed by atoms with van der Waals surface area (Å²) in [7, 11) is 2.23. The molecule has 2 rings (SSSR count). The highest BCUT2D eigenvalue weighted by molar-refractivity contribution is 5.09. The molecule has 0 aromatic carbocycles. The van der Waals surface area contributed by atoms with Crippen molar-refractivity contribution >= 4 is 0 Å². The van der Waals surface area contributed by atoms with Crippen LogP contribution in [0.25, 0.3) is 0 Å². The minimum atomic E-state index is 0.601. The van der Waals surface area contributed by atoms with Crippen molar-refractivity contribution < 1.29 is 0 Å². The summed E-state index contributed by atoms with van der Waals surface area (Å²) in [5.41, 5.74) is 3.44. The Kier molecular flexibility index (Phi) is 3.89. The molecule has 18 heavy (non-hydrogen) atoms. The first-order chi connectivity index (χ1) is 8.42. The smallest absolute Gasteiger partial charge is 0.0205 e. The van der Waals surface area contributed by atoms with Crippen LogP contribution in [0, 0.1) is 17.3 Å². The van der Waals surface area contributed by atoms with E-state index in [9.17, 15) is 0 Å². The van der Waals surface area contributed by atoms with Crippen LogP contribution < -0.4 is 0 Å². The zero-order chi connectivity index (χ0) is 13.3. The van der Waals surface area contributed by atoms with Crippen LogP contribution in [0.2, 0.25) is 0 Å². The molecule has 1 nitrogen and oxygen atoms in total. The fourth-order valence-corrected chi connectivity index (χ4v) is 2.96. The molecule has 0 heterocycles. The van der Waals surface area contributed by atoms with Crippen LogP contribution in [-0.4, -0.2) is 18.5 Å². The van der Waals surface area contributed by atoms with Crippen LogP contribution in [0.3, 0.4) is 0 Å². The predicted octanol–water partition coefficient (Wildman–Crippen LogP) is 4.61. The quantitative estimate of drug-likeness (QED) is 0.594. The van der Waals surface area contributed by atoms with E-state index in [2.05, 4.69) is 45.4 Å². The molecule has 2 atom stereocenters. The number of hydrogen-bond acceptors (Lipinski definition) is 1. The molecule has 0 N–H and O–H groups in total. The Bertz CT molecular complexity index is 347. The van der Waals surface area contributed by atoms with Gasteiger partial charge in [-0.1, -0.05) is 25.2 Å². The van der Waals surface area contributed by atoms with Gasteiger partial charge in [0.2, 0.25) is 0 Å². The SMILES string of the molecule is C=C(C1CC1)N(C)CC1CC1(C)CCC=C(C)C. The zero-order valence-electron chi connectivity index (χ0n) is 12.6. The maximum Gasteiger partial charge on any atom is 0.0205 e. The van der Waals surface area contributed by atoms with Crippen LogP contribution in [-0.2, 0) is 0 Å². The Morgan fingerprint density at radius 1 is 1.39 bits per heavy atom. The summed E-state index contributed by atoms with van der Waals surface area (Å²) in [6.07, 6.45) is 9.13. The summed E-state index contributed by atoms with van der Waals surface area (Å²) in [5, 5.41) is 0. The van der Waals surface area contributed by atoms with Crippen molar-refractivity contribution in [1.29, 1.82) is 0 Å². The highest BCUT2D eigenvalue weighted by atomic mass is 15.1. The summed E-state index contributed by atoms with van der Waals surface area (Å²) in [6.45, 7) is 12.3. The molecule has 0 aromatic heterocycles. The summed E-state index contributed by atoms with van der Waals surface area (Å²) in [4.78, 5) is 2.43.